The summed E-state index contributed by atoms with van der Waals surface area (Å²) < 4.78 is 18.5. The van der Waals surface area contributed by atoms with Crippen molar-refractivity contribution in [3.05, 3.63) is 41.9 Å². The molecule has 0 unspecified atom stereocenters. The van der Waals surface area contributed by atoms with Crippen LogP contribution in [0.15, 0.2) is 39.8 Å². The number of aryl methyl sites for hydroxylation is 1. The lowest BCUT2D eigenvalue weighted by atomic mass is 10.3. The Balaban J connectivity index is 1.33. The number of aromatic nitrogens is 1. The molecule has 2 aromatic rings. The van der Waals surface area contributed by atoms with Crippen molar-refractivity contribution in [2.45, 2.75) is 11.8 Å². The summed E-state index contributed by atoms with van der Waals surface area (Å²) in [6.07, 6.45) is 0. The van der Waals surface area contributed by atoms with Gasteiger partial charge in [-0.1, -0.05) is 17.3 Å². The molecule has 140 valence electrons. The molecule has 1 fully saturated rings. The number of thioether (sulfide) groups is 1. The minimum absolute atomic E-state index is 0.0816. The number of benzene rings is 1. The van der Waals surface area contributed by atoms with Crippen molar-refractivity contribution in [2.75, 3.05) is 50.3 Å². The molecule has 0 aliphatic carbocycles. The van der Waals surface area contributed by atoms with E-state index in [2.05, 4.69) is 20.3 Å². The highest BCUT2D eigenvalue weighted by atomic mass is 32.2. The molecule has 0 saturated carbocycles. The fourth-order valence-corrected chi connectivity index (χ4v) is 3.78. The Morgan fingerprint density at radius 2 is 2.00 bits per heavy atom. The van der Waals surface area contributed by atoms with E-state index < -0.39 is 0 Å². The van der Waals surface area contributed by atoms with Crippen LogP contribution in [0.5, 0.6) is 0 Å². The second-order valence-electron chi connectivity index (χ2n) is 6.27. The molecule has 1 aromatic heterocycles. The van der Waals surface area contributed by atoms with Gasteiger partial charge in [0, 0.05) is 49.4 Å². The molecule has 1 aliphatic heterocycles. The topological polar surface area (TPSA) is 61.6 Å². The molecule has 1 aliphatic rings. The Morgan fingerprint density at radius 3 is 2.69 bits per heavy atom. The molecule has 0 atom stereocenters. The van der Waals surface area contributed by atoms with E-state index in [1.807, 2.05) is 12.1 Å². The first-order valence-electron chi connectivity index (χ1n) is 8.65. The highest BCUT2D eigenvalue weighted by Gasteiger charge is 2.19. The van der Waals surface area contributed by atoms with Crippen molar-refractivity contribution in [3.8, 4) is 0 Å². The highest BCUT2D eigenvalue weighted by molar-refractivity contribution is 7.99. The van der Waals surface area contributed by atoms with E-state index in [-0.39, 0.29) is 11.7 Å². The van der Waals surface area contributed by atoms with Crippen LogP contribution in [0.4, 0.5) is 10.2 Å². The van der Waals surface area contributed by atoms with Crippen LogP contribution in [0.3, 0.4) is 0 Å². The van der Waals surface area contributed by atoms with E-state index in [9.17, 15) is 9.18 Å². The number of rotatable bonds is 7. The Morgan fingerprint density at radius 1 is 1.27 bits per heavy atom. The average molecular weight is 378 g/mol. The van der Waals surface area contributed by atoms with Gasteiger partial charge in [-0.05, 0) is 19.1 Å². The van der Waals surface area contributed by atoms with Gasteiger partial charge in [-0.3, -0.25) is 14.6 Å². The number of hydrogen-bond donors (Lipinski definition) is 1. The standard InChI is InChI=1S/C18H23FN4O2S/c1-14-12-17(21-25-14)20-18(24)13-23-8-6-22(7-9-23)10-11-26-16-5-3-2-4-15(16)19/h2-5,12H,6-11,13H2,1H3,(H,20,21,24). The second kappa shape index (κ2) is 9.16. The quantitative estimate of drug-likeness (QED) is 0.747. The van der Waals surface area contributed by atoms with E-state index >= 15 is 0 Å². The molecule has 1 amide bonds. The van der Waals surface area contributed by atoms with Gasteiger partial charge in [0.05, 0.1) is 6.54 Å². The largest absolute Gasteiger partial charge is 0.360 e. The third-order valence-electron chi connectivity index (χ3n) is 4.23. The van der Waals surface area contributed by atoms with E-state index in [4.69, 9.17) is 4.52 Å². The maximum atomic E-state index is 13.6. The van der Waals surface area contributed by atoms with Crippen molar-refractivity contribution in [1.82, 2.24) is 15.0 Å². The number of carbonyl (C=O) groups excluding carboxylic acids is 1. The van der Waals surface area contributed by atoms with Gasteiger partial charge in [-0.15, -0.1) is 11.8 Å². The molecule has 0 bridgehead atoms. The Bertz CT molecular complexity index is 731. The van der Waals surface area contributed by atoms with Crippen LogP contribution in [-0.2, 0) is 4.79 Å². The number of halogens is 1. The Labute approximate surface area is 156 Å². The summed E-state index contributed by atoms with van der Waals surface area (Å²) in [6, 6.07) is 8.57. The first-order chi connectivity index (χ1) is 12.6. The zero-order chi connectivity index (χ0) is 18.4. The van der Waals surface area contributed by atoms with Crippen LogP contribution >= 0.6 is 11.8 Å². The van der Waals surface area contributed by atoms with Gasteiger partial charge < -0.3 is 9.84 Å². The molecule has 2 heterocycles. The van der Waals surface area contributed by atoms with E-state index in [0.717, 1.165) is 38.5 Å². The van der Waals surface area contributed by atoms with Gasteiger partial charge in [0.25, 0.3) is 0 Å². The molecule has 8 heteroatoms. The van der Waals surface area contributed by atoms with Crippen LogP contribution in [0.2, 0.25) is 0 Å². The summed E-state index contributed by atoms with van der Waals surface area (Å²) in [5.74, 6) is 1.74. The number of amides is 1. The Hall–Kier alpha value is -1.90. The number of piperazine rings is 1. The van der Waals surface area contributed by atoms with Crippen LogP contribution < -0.4 is 5.32 Å². The van der Waals surface area contributed by atoms with E-state index in [1.165, 1.54) is 6.07 Å². The van der Waals surface area contributed by atoms with Crippen molar-refractivity contribution in [1.29, 1.82) is 0 Å². The number of carbonyl (C=O) groups is 1. The molecule has 6 nitrogen and oxygen atoms in total. The molecule has 3 rings (SSSR count). The highest BCUT2D eigenvalue weighted by Crippen LogP contribution is 2.21. The average Bonchev–Trinajstić information content (AvgIpc) is 3.03. The number of hydrogen-bond acceptors (Lipinski definition) is 6. The van der Waals surface area contributed by atoms with Gasteiger partial charge in [-0.2, -0.15) is 0 Å². The third-order valence-corrected chi connectivity index (χ3v) is 5.26. The summed E-state index contributed by atoms with van der Waals surface area (Å²) >= 11 is 1.55. The van der Waals surface area contributed by atoms with Crippen LogP contribution in [0, 0.1) is 12.7 Å². The summed E-state index contributed by atoms with van der Waals surface area (Å²) in [4.78, 5) is 17.2. The molecule has 1 N–H and O–H groups in total. The van der Waals surface area contributed by atoms with Gasteiger partial charge >= 0.3 is 0 Å². The van der Waals surface area contributed by atoms with Crippen molar-refractivity contribution in [3.63, 3.8) is 0 Å². The molecule has 1 saturated heterocycles. The zero-order valence-corrected chi connectivity index (χ0v) is 15.6. The van der Waals surface area contributed by atoms with Crippen molar-refractivity contribution < 1.29 is 13.7 Å². The molecular weight excluding hydrogens is 355 g/mol. The SMILES string of the molecule is Cc1cc(NC(=O)CN2CCN(CCSc3ccccc3F)CC2)no1. The van der Waals surface area contributed by atoms with E-state index in [1.54, 1.807) is 30.8 Å². The predicted octanol–water partition coefficient (Wildman–Crippen LogP) is 2.47. The van der Waals surface area contributed by atoms with Crippen LogP contribution in [-0.4, -0.2) is 65.9 Å². The molecular formula is C18H23FN4O2S. The molecule has 0 radical (unpaired) electrons. The van der Waals surface area contributed by atoms with E-state index in [0.29, 0.717) is 23.0 Å². The van der Waals surface area contributed by atoms with Gasteiger partial charge in [0.2, 0.25) is 5.91 Å². The van der Waals surface area contributed by atoms with Gasteiger partial charge in [0.15, 0.2) is 5.82 Å². The predicted molar refractivity (Wildman–Crippen MR) is 99.9 cm³/mol. The van der Waals surface area contributed by atoms with Gasteiger partial charge in [0.1, 0.15) is 11.6 Å². The van der Waals surface area contributed by atoms with Crippen LogP contribution in [0.25, 0.3) is 0 Å². The van der Waals surface area contributed by atoms with Crippen molar-refractivity contribution in [2.24, 2.45) is 0 Å². The lowest BCUT2D eigenvalue weighted by Crippen LogP contribution is -2.49. The third kappa shape index (κ3) is 5.55. The summed E-state index contributed by atoms with van der Waals surface area (Å²) in [7, 11) is 0. The summed E-state index contributed by atoms with van der Waals surface area (Å²) in [6.45, 7) is 6.56. The van der Waals surface area contributed by atoms with Crippen LogP contribution in [0.1, 0.15) is 5.76 Å². The lowest BCUT2D eigenvalue weighted by Gasteiger charge is -2.34. The van der Waals surface area contributed by atoms with Gasteiger partial charge in [-0.25, -0.2) is 4.39 Å². The fraction of sp³-hybridized carbons (Fsp3) is 0.444. The fourth-order valence-electron chi connectivity index (χ4n) is 2.83. The molecule has 26 heavy (non-hydrogen) atoms. The molecule has 1 aromatic carbocycles. The normalized spacial score (nSPS) is 15.9. The maximum Gasteiger partial charge on any atom is 0.239 e. The summed E-state index contributed by atoms with van der Waals surface area (Å²) in [5.41, 5.74) is 0. The number of anilines is 1. The smallest absolute Gasteiger partial charge is 0.239 e. The lowest BCUT2D eigenvalue weighted by molar-refractivity contribution is -0.117. The monoisotopic (exact) mass is 378 g/mol. The minimum atomic E-state index is -0.157. The minimum Gasteiger partial charge on any atom is -0.360 e. The number of nitrogens with zero attached hydrogens (tertiary/aromatic N) is 3. The number of nitrogens with one attached hydrogen (secondary N) is 1. The zero-order valence-electron chi connectivity index (χ0n) is 14.8. The summed E-state index contributed by atoms with van der Waals surface area (Å²) in [5, 5.41) is 6.50. The molecule has 0 spiro atoms. The first-order valence-corrected chi connectivity index (χ1v) is 9.64. The Kier molecular flexibility index (Phi) is 6.65. The first kappa shape index (κ1) is 18.9. The second-order valence-corrected chi connectivity index (χ2v) is 7.40. The van der Waals surface area contributed by atoms with Crippen molar-refractivity contribution >= 4 is 23.5 Å². The maximum absolute atomic E-state index is 13.6.